The first-order valence-electron chi connectivity index (χ1n) is 20.1. The van der Waals surface area contributed by atoms with Gasteiger partial charge in [0.25, 0.3) is 0 Å². The first-order chi connectivity index (χ1) is 26.4. The van der Waals surface area contributed by atoms with Gasteiger partial charge >= 0.3 is 19.8 Å². The van der Waals surface area contributed by atoms with Gasteiger partial charge in [0.1, 0.15) is 43.2 Å². The van der Waals surface area contributed by atoms with Gasteiger partial charge in [-0.15, -0.1) is 0 Å². The molecule has 1 rings (SSSR count). The molecule has 0 aromatic carbocycles. The number of rotatable bonds is 31. The summed E-state index contributed by atoms with van der Waals surface area (Å²) in [5, 5.41) is 49.9. The molecule has 1 saturated carbocycles. The number of aliphatic hydroxyl groups is 5. The number of carbonyl (C=O) groups is 2. The minimum atomic E-state index is -5.13. The van der Waals surface area contributed by atoms with E-state index < -0.39 is 75.7 Å². The normalized spacial score (nSPS) is 23.7. The number of allylic oxidation sites excluding steroid dienone is 10. The molecule has 0 saturated heterocycles. The molecular formula is C41H69O13P. The molecule has 13 nitrogen and oxygen atoms in total. The van der Waals surface area contributed by atoms with E-state index in [0.717, 1.165) is 51.4 Å². The average molecular weight is 801 g/mol. The van der Waals surface area contributed by atoms with Gasteiger partial charge in [0.15, 0.2) is 6.10 Å². The summed E-state index contributed by atoms with van der Waals surface area (Å²) in [5.74, 6) is -1.21. The third kappa shape index (κ3) is 24.7. The first-order valence-corrected chi connectivity index (χ1v) is 21.6. The highest BCUT2D eigenvalue weighted by Crippen LogP contribution is 2.47. The molecule has 6 N–H and O–H groups in total. The number of ether oxygens (including phenoxy) is 2. The van der Waals surface area contributed by atoms with Gasteiger partial charge < -0.3 is 39.9 Å². The van der Waals surface area contributed by atoms with Crippen LogP contribution in [0.1, 0.15) is 129 Å². The number of unbranched alkanes of at least 4 members (excludes halogenated alkanes) is 11. The molecule has 0 radical (unpaired) electrons. The van der Waals surface area contributed by atoms with E-state index in [1.165, 1.54) is 38.5 Å². The molecule has 0 amide bonds. The monoisotopic (exact) mass is 800 g/mol. The predicted molar refractivity (Wildman–Crippen MR) is 212 cm³/mol. The summed E-state index contributed by atoms with van der Waals surface area (Å²) in [7, 11) is -5.13. The summed E-state index contributed by atoms with van der Waals surface area (Å²) < 4.78 is 33.3. The Morgan fingerprint density at radius 2 is 1.15 bits per heavy atom. The Hall–Kier alpha value is -2.45. The van der Waals surface area contributed by atoms with Gasteiger partial charge in [-0.05, 0) is 51.4 Å². The zero-order valence-electron chi connectivity index (χ0n) is 32.9. The fourth-order valence-electron chi connectivity index (χ4n) is 5.63. The summed E-state index contributed by atoms with van der Waals surface area (Å²) in [6.45, 7) is 3.05. The van der Waals surface area contributed by atoms with Gasteiger partial charge in [0.2, 0.25) is 0 Å². The molecule has 7 unspecified atom stereocenters. The highest BCUT2D eigenvalue weighted by molar-refractivity contribution is 7.47. The number of esters is 2. The Morgan fingerprint density at radius 1 is 0.600 bits per heavy atom. The van der Waals surface area contributed by atoms with E-state index in [1.807, 2.05) is 36.5 Å². The number of carbonyl (C=O) groups excluding carboxylic acids is 2. The summed E-state index contributed by atoms with van der Waals surface area (Å²) in [6.07, 6.45) is 23.1. The van der Waals surface area contributed by atoms with Crippen molar-refractivity contribution < 1.29 is 63.1 Å². The van der Waals surface area contributed by atoms with Crippen molar-refractivity contribution in [3.8, 4) is 0 Å². The van der Waals surface area contributed by atoms with Crippen LogP contribution in [0.3, 0.4) is 0 Å². The van der Waals surface area contributed by atoms with Crippen LogP contribution >= 0.6 is 7.82 Å². The molecule has 1 aliphatic rings. The van der Waals surface area contributed by atoms with Gasteiger partial charge in [-0.2, -0.15) is 0 Å². The highest BCUT2D eigenvalue weighted by Gasteiger charge is 2.51. The summed E-state index contributed by atoms with van der Waals surface area (Å²) >= 11 is 0. The fraction of sp³-hybridized carbons (Fsp3) is 0.707. The second-order valence-electron chi connectivity index (χ2n) is 13.8. The fourth-order valence-corrected chi connectivity index (χ4v) is 6.60. The van der Waals surface area contributed by atoms with Crippen LogP contribution in [-0.2, 0) is 32.7 Å². The lowest BCUT2D eigenvalue weighted by Gasteiger charge is -2.41. The molecule has 0 aliphatic heterocycles. The van der Waals surface area contributed by atoms with Crippen LogP contribution in [-0.4, -0.2) is 98.3 Å². The van der Waals surface area contributed by atoms with Gasteiger partial charge in [-0.25, -0.2) is 4.57 Å². The highest BCUT2D eigenvalue weighted by atomic mass is 31.2. The molecule has 14 heteroatoms. The Bertz CT molecular complexity index is 1200. The lowest BCUT2D eigenvalue weighted by molar-refractivity contribution is -0.220. The second-order valence-corrected chi connectivity index (χ2v) is 15.2. The van der Waals surface area contributed by atoms with Gasteiger partial charge in [-0.1, -0.05) is 126 Å². The molecule has 1 fully saturated rings. The number of hydrogen-bond acceptors (Lipinski definition) is 12. The van der Waals surface area contributed by atoms with Crippen LogP contribution in [0.15, 0.2) is 60.8 Å². The van der Waals surface area contributed by atoms with Crippen LogP contribution in [0.5, 0.6) is 0 Å². The summed E-state index contributed by atoms with van der Waals surface area (Å²) in [6, 6.07) is 0. The maximum Gasteiger partial charge on any atom is 0.472 e. The van der Waals surface area contributed by atoms with E-state index >= 15 is 0 Å². The van der Waals surface area contributed by atoms with Crippen molar-refractivity contribution in [2.75, 3.05) is 13.2 Å². The van der Waals surface area contributed by atoms with Crippen molar-refractivity contribution in [2.45, 2.75) is 172 Å². The second kappa shape index (κ2) is 31.6. The van der Waals surface area contributed by atoms with E-state index in [1.54, 1.807) is 0 Å². The van der Waals surface area contributed by atoms with E-state index in [0.29, 0.717) is 12.8 Å². The number of hydrogen-bond donors (Lipinski definition) is 6. The van der Waals surface area contributed by atoms with Crippen LogP contribution in [0.4, 0.5) is 0 Å². The third-order valence-electron chi connectivity index (χ3n) is 8.92. The lowest BCUT2D eigenvalue weighted by Crippen LogP contribution is -2.64. The van der Waals surface area contributed by atoms with E-state index in [4.69, 9.17) is 18.5 Å². The third-order valence-corrected chi connectivity index (χ3v) is 9.90. The predicted octanol–water partition coefficient (Wildman–Crippen LogP) is 6.60. The number of phosphoric ester groups is 1. The van der Waals surface area contributed by atoms with Crippen molar-refractivity contribution in [2.24, 2.45) is 0 Å². The molecule has 0 aromatic heterocycles. The first kappa shape index (κ1) is 50.6. The zero-order chi connectivity index (χ0) is 40.7. The maximum atomic E-state index is 12.7. The Labute approximate surface area is 328 Å². The molecule has 55 heavy (non-hydrogen) atoms. The topological polar surface area (TPSA) is 210 Å². The van der Waals surface area contributed by atoms with Crippen molar-refractivity contribution in [1.82, 2.24) is 0 Å². The van der Waals surface area contributed by atoms with Crippen molar-refractivity contribution in [3.05, 3.63) is 60.8 Å². The Morgan fingerprint density at radius 3 is 1.78 bits per heavy atom. The minimum absolute atomic E-state index is 0.0534. The standard InChI is InChI=1S/C41H69O13P/c1-3-5-7-9-11-13-15-17-19-21-23-25-27-29-34(42)51-31-33(32-52-55(49,50)54-41-39(47)37(45)36(44)38(46)40(41)48)53-35(43)30-28-26-24-22-20-18-16-14-12-10-8-6-4-2/h6,8,10,12,14,16-17,19,23,25,33,36-41,44-48H,3-5,7,9,11,13,15,18,20-22,24,26-32H2,1-2H3,(H,49,50)/b8-6+,12-10+,16-14+,19-17+,25-23+/t33?,36?,37-,38?,39?,40?,41?/m1/s1. The molecule has 0 spiro atoms. The van der Waals surface area contributed by atoms with Crippen LogP contribution in [0.2, 0.25) is 0 Å². The molecule has 1 aliphatic carbocycles. The molecule has 316 valence electrons. The summed E-state index contributed by atoms with van der Waals surface area (Å²) in [4.78, 5) is 35.4. The lowest BCUT2D eigenvalue weighted by atomic mass is 9.85. The summed E-state index contributed by atoms with van der Waals surface area (Å²) in [5.41, 5.74) is 0. The maximum absolute atomic E-state index is 12.7. The van der Waals surface area contributed by atoms with E-state index in [-0.39, 0.29) is 12.8 Å². The van der Waals surface area contributed by atoms with Crippen molar-refractivity contribution in [1.29, 1.82) is 0 Å². The van der Waals surface area contributed by atoms with Gasteiger partial charge in [0.05, 0.1) is 6.61 Å². The minimum Gasteiger partial charge on any atom is -0.462 e. The SMILES string of the molecule is CC/C=C/C=C/C=C/CCCCCCCC(=O)OC(COC(=O)CC/C=C/C/C=C/CCCCCCCC)COP(=O)(O)OC1C(O)C(O)C(O)[C@@H](O)C1O. The smallest absolute Gasteiger partial charge is 0.462 e. The van der Waals surface area contributed by atoms with Crippen LogP contribution < -0.4 is 0 Å². The van der Waals surface area contributed by atoms with Crippen molar-refractivity contribution in [3.63, 3.8) is 0 Å². The van der Waals surface area contributed by atoms with Crippen LogP contribution in [0, 0.1) is 0 Å². The molecular weight excluding hydrogens is 731 g/mol. The number of aliphatic hydroxyl groups excluding tert-OH is 5. The Balaban J connectivity index is 2.59. The van der Waals surface area contributed by atoms with E-state index in [2.05, 4.69) is 38.2 Å². The largest absolute Gasteiger partial charge is 0.472 e. The van der Waals surface area contributed by atoms with Gasteiger partial charge in [-0.3, -0.25) is 18.6 Å². The number of phosphoric acid groups is 1. The molecule has 0 heterocycles. The quantitative estimate of drug-likeness (QED) is 0.0144. The van der Waals surface area contributed by atoms with Crippen LogP contribution in [0.25, 0.3) is 0 Å². The van der Waals surface area contributed by atoms with Gasteiger partial charge in [0, 0.05) is 12.8 Å². The zero-order valence-corrected chi connectivity index (χ0v) is 33.8. The Kier molecular flexibility index (Phi) is 29.1. The molecule has 0 bridgehead atoms. The molecule has 0 aromatic rings. The average Bonchev–Trinajstić information content (AvgIpc) is 3.16. The van der Waals surface area contributed by atoms with Crippen molar-refractivity contribution >= 4 is 19.8 Å². The molecule has 8 atom stereocenters. The van der Waals surface area contributed by atoms with E-state index in [9.17, 15) is 44.6 Å².